The fraction of sp³-hybridized carbons (Fsp3) is 0.0571. The van der Waals surface area contributed by atoms with Gasteiger partial charge in [-0.05, 0) is 60.7 Å². The molecule has 0 aliphatic heterocycles. The van der Waals surface area contributed by atoms with Gasteiger partial charge < -0.3 is 14.8 Å². The summed E-state index contributed by atoms with van der Waals surface area (Å²) in [7, 11) is 0. The van der Waals surface area contributed by atoms with Crippen LogP contribution in [-0.2, 0) is 0 Å². The molecule has 5 aromatic rings. The van der Waals surface area contributed by atoms with Crippen LogP contribution in [0.1, 0.15) is 42.2 Å². The number of benzene rings is 5. The van der Waals surface area contributed by atoms with Crippen LogP contribution in [0.3, 0.4) is 0 Å². The molecule has 5 aromatic carbocycles. The summed E-state index contributed by atoms with van der Waals surface area (Å²) in [6, 6.07) is 36.6. The van der Waals surface area contributed by atoms with Gasteiger partial charge in [0.15, 0.2) is 11.6 Å². The molecule has 1 amide bonds. The molecule has 0 atom stereocenters. The van der Waals surface area contributed by atoms with Gasteiger partial charge in [0.05, 0.1) is 0 Å². The lowest BCUT2D eigenvalue weighted by atomic mass is 10.0. The van der Waals surface area contributed by atoms with Crippen LogP contribution in [0.2, 0.25) is 0 Å². The first-order chi connectivity index (χ1) is 20.5. The number of rotatable bonds is 11. The highest BCUT2D eigenvalue weighted by atomic mass is 32.1. The Morgan fingerprint density at radius 3 is 1.31 bits per heavy atom. The van der Waals surface area contributed by atoms with E-state index in [-0.39, 0.29) is 17.5 Å². The van der Waals surface area contributed by atoms with E-state index in [9.17, 15) is 14.4 Å². The normalized spacial score (nSPS) is 10.5. The number of carbonyl (C=O) groups excluding carboxylic acids is 3. The lowest BCUT2D eigenvalue weighted by molar-refractivity contribution is 0.0954. The first-order valence-corrected chi connectivity index (χ1v) is 13.9. The van der Waals surface area contributed by atoms with Crippen LogP contribution in [0.25, 0.3) is 0 Å². The average molecular weight is 574 g/mol. The first kappa shape index (κ1) is 28.4. The van der Waals surface area contributed by atoms with Gasteiger partial charge in [-0.1, -0.05) is 60.7 Å². The Bertz CT molecular complexity index is 1570. The highest BCUT2D eigenvalue weighted by Crippen LogP contribution is 2.31. The third-order valence-corrected chi connectivity index (χ3v) is 6.54. The van der Waals surface area contributed by atoms with E-state index >= 15 is 0 Å². The minimum atomic E-state index is -0.299. The minimum absolute atomic E-state index is 0.0859. The number of ether oxygens (including phenoxy) is 2. The standard InChI is InChI=1S/C35H27NO5S/c37-33(24-7-3-1-4-8-24)26-11-15-29(16-12-26)40-31-21-28(35(39)36-19-20-42)22-32(23-31)41-30-17-13-27(14-18-30)34(38)25-9-5-2-6-10-25/h1-18,21-23,42H,19-20H2,(H,36,39). The van der Waals surface area contributed by atoms with E-state index < -0.39 is 0 Å². The molecule has 1 N–H and O–H groups in total. The van der Waals surface area contributed by atoms with Gasteiger partial charge in [0, 0.05) is 46.2 Å². The molecule has 0 bridgehead atoms. The van der Waals surface area contributed by atoms with Crippen molar-refractivity contribution in [1.29, 1.82) is 0 Å². The van der Waals surface area contributed by atoms with Crippen molar-refractivity contribution in [1.82, 2.24) is 5.32 Å². The molecule has 0 unspecified atom stereocenters. The van der Waals surface area contributed by atoms with Gasteiger partial charge in [-0.3, -0.25) is 14.4 Å². The molecule has 0 spiro atoms. The SMILES string of the molecule is O=C(NCCS)c1cc(Oc2ccc(C(=O)c3ccccc3)cc2)cc(Oc2ccc(C(=O)c3ccccc3)cc2)c1. The maximum Gasteiger partial charge on any atom is 0.251 e. The van der Waals surface area contributed by atoms with E-state index in [4.69, 9.17) is 9.47 Å². The van der Waals surface area contributed by atoms with Crippen molar-refractivity contribution in [3.8, 4) is 23.0 Å². The fourth-order valence-corrected chi connectivity index (χ4v) is 4.34. The Labute approximate surface area is 249 Å². The Kier molecular flexibility index (Phi) is 9.11. The molecule has 6 nitrogen and oxygen atoms in total. The third kappa shape index (κ3) is 7.13. The maximum atomic E-state index is 12.8. The Balaban J connectivity index is 1.35. The second-order valence-corrected chi connectivity index (χ2v) is 9.76. The smallest absolute Gasteiger partial charge is 0.251 e. The van der Waals surface area contributed by atoms with Gasteiger partial charge in [0.2, 0.25) is 0 Å². The Morgan fingerprint density at radius 1 is 0.500 bits per heavy atom. The monoisotopic (exact) mass is 573 g/mol. The number of carbonyl (C=O) groups is 3. The van der Waals surface area contributed by atoms with Crippen molar-refractivity contribution in [3.63, 3.8) is 0 Å². The van der Waals surface area contributed by atoms with Crippen molar-refractivity contribution >= 4 is 30.1 Å². The van der Waals surface area contributed by atoms with Crippen molar-refractivity contribution in [2.75, 3.05) is 12.3 Å². The zero-order chi connectivity index (χ0) is 29.3. The van der Waals surface area contributed by atoms with Gasteiger partial charge in [-0.15, -0.1) is 0 Å². The summed E-state index contributed by atoms with van der Waals surface area (Å²) in [4.78, 5) is 38.3. The molecule has 0 heterocycles. The van der Waals surface area contributed by atoms with Gasteiger partial charge in [-0.25, -0.2) is 0 Å². The number of hydrogen-bond donors (Lipinski definition) is 2. The van der Waals surface area contributed by atoms with Crippen LogP contribution in [0.5, 0.6) is 23.0 Å². The molecule has 0 saturated heterocycles. The molecule has 0 fully saturated rings. The lowest BCUT2D eigenvalue weighted by Gasteiger charge is -2.13. The molecule has 7 heteroatoms. The quantitative estimate of drug-likeness (QED) is 0.127. The van der Waals surface area contributed by atoms with Crippen LogP contribution >= 0.6 is 12.6 Å². The summed E-state index contributed by atoms with van der Waals surface area (Å²) >= 11 is 4.16. The molecule has 0 aromatic heterocycles. The van der Waals surface area contributed by atoms with E-state index in [1.54, 1.807) is 91.0 Å². The molecule has 208 valence electrons. The van der Waals surface area contributed by atoms with Crippen LogP contribution in [0.15, 0.2) is 127 Å². The van der Waals surface area contributed by atoms with Gasteiger partial charge >= 0.3 is 0 Å². The topological polar surface area (TPSA) is 81.7 Å². The van der Waals surface area contributed by atoms with Crippen molar-refractivity contribution in [3.05, 3.63) is 155 Å². The molecule has 0 saturated carbocycles. The number of thiol groups is 1. The number of hydrogen-bond acceptors (Lipinski definition) is 6. The zero-order valence-corrected chi connectivity index (χ0v) is 23.4. The van der Waals surface area contributed by atoms with Crippen molar-refractivity contribution < 1.29 is 23.9 Å². The number of ketones is 2. The van der Waals surface area contributed by atoms with Gasteiger partial charge in [-0.2, -0.15) is 12.6 Å². The van der Waals surface area contributed by atoms with E-state index in [1.807, 2.05) is 36.4 Å². The largest absolute Gasteiger partial charge is 0.457 e. The molecule has 0 aliphatic rings. The molecule has 5 rings (SSSR count). The second-order valence-electron chi connectivity index (χ2n) is 9.32. The molecular formula is C35H27NO5S. The zero-order valence-electron chi connectivity index (χ0n) is 22.5. The fourth-order valence-electron chi connectivity index (χ4n) is 4.23. The molecule has 0 aliphatic carbocycles. The highest BCUT2D eigenvalue weighted by Gasteiger charge is 2.14. The first-order valence-electron chi connectivity index (χ1n) is 13.3. The number of nitrogens with one attached hydrogen (secondary N) is 1. The van der Waals surface area contributed by atoms with Crippen LogP contribution in [0, 0.1) is 0 Å². The maximum absolute atomic E-state index is 12.8. The third-order valence-electron chi connectivity index (χ3n) is 6.32. The van der Waals surface area contributed by atoms with Crippen LogP contribution in [-0.4, -0.2) is 29.8 Å². The van der Waals surface area contributed by atoms with Crippen molar-refractivity contribution in [2.45, 2.75) is 0 Å². The van der Waals surface area contributed by atoms with Crippen LogP contribution in [0.4, 0.5) is 0 Å². The lowest BCUT2D eigenvalue weighted by Crippen LogP contribution is -2.25. The summed E-state index contributed by atoms with van der Waals surface area (Å²) in [6.07, 6.45) is 0. The number of amides is 1. The summed E-state index contributed by atoms with van der Waals surface area (Å²) in [5.74, 6) is 1.75. The van der Waals surface area contributed by atoms with E-state index in [0.717, 1.165) is 0 Å². The van der Waals surface area contributed by atoms with E-state index in [0.29, 0.717) is 63.1 Å². The summed E-state index contributed by atoms with van der Waals surface area (Å²) in [6.45, 7) is 0.400. The predicted molar refractivity (Wildman–Crippen MR) is 165 cm³/mol. The van der Waals surface area contributed by atoms with Crippen LogP contribution < -0.4 is 14.8 Å². The molecule has 0 radical (unpaired) electrons. The Morgan fingerprint density at radius 2 is 0.905 bits per heavy atom. The summed E-state index contributed by atoms with van der Waals surface area (Å²) < 4.78 is 12.1. The average Bonchev–Trinajstić information content (AvgIpc) is 3.04. The predicted octanol–water partition coefficient (Wildman–Crippen LogP) is 7.39. The van der Waals surface area contributed by atoms with Gasteiger partial charge in [0.1, 0.15) is 23.0 Å². The Hall–Kier alpha value is -5.14. The summed E-state index contributed by atoms with van der Waals surface area (Å²) in [5.41, 5.74) is 2.62. The van der Waals surface area contributed by atoms with Gasteiger partial charge in [0.25, 0.3) is 5.91 Å². The molecular weight excluding hydrogens is 546 g/mol. The van der Waals surface area contributed by atoms with Crippen molar-refractivity contribution in [2.24, 2.45) is 0 Å². The second kappa shape index (κ2) is 13.5. The minimum Gasteiger partial charge on any atom is -0.457 e. The summed E-state index contributed by atoms with van der Waals surface area (Å²) in [5, 5.41) is 2.80. The van der Waals surface area contributed by atoms with E-state index in [1.165, 1.54) is 0 Å². The van der Waals surface area contributed by atoms with E-state index in [2.05, 4.69) is 17.9 Å². The molecule has 42 heavy (non-hydrogen) atoms. The highest BCUT2D eigenvalue weighted by molar-refractivity contribution is 7.80.